The average Bonchev–Trinajstić information content (AvgIpc) is 2.78. The number of esters is 1. The fourth-order valence-electron chi connectivity index (χ4n) is 1.25. The van der Waals surface area contributed by atoms with Gasteiger partial charge < -0.3 is 14.3 Å². The SMILES string of the molecule is CCOC(=O)c1sc(NOC(=O)OC(C)(C)C)nc1C(F)(F)F. The van der Waals surface area contributed by atoms with Crippen LogP contribution in [0, 0.1) is 0 Å². The summed E-state index contributed by atoms with van der Waals surface area (Å²) in [4.78, 5) is 29.8. The molecular formula is C12H15F3N2O5S. The normalized spacial score (nSPS) is 11.8. The molecule has 0 amide bonds. The number of alkyl halides is 3. The van der Waals surface area contributed by atoms with Crippen LogP contribution in [0.25, 0.3) is 0 Å². The second kappa shape index (κ2) is 7.02. The molecule has 0 atom stereocenters. The lowest BCUT2D eigenvalue weighted by atomic mass is 10.2. The minimum atomic E-state index is -4.86. The first kappa shape index (κ1) is 19.0. The van der Waals surface area contributed by atoms with Crippen molar-refractivity contribution in [2.24, 2.45) is 0 Å². The number of hydrogen-bond donors (Lipinski definition) is 1. The van der Waals surface area contributed by atoms with Crippen molar-refractivity contribution in [3.63, 3.8) is 0 Å². The molecule has 1 N–H and O–H groups in total. The van der Waals surface area contributed by atoms with Gasteiger partial charge in [-0.15, -0.1) is 0 Å². The Morgan fingerprint density at radius 2 is 1.87 bits per heavy atom. The summed E-state index contributed by atoms with van der Waals surface area (Å²) in [5.41, 5.74) is -0.337. The van der Waals surface area contributed by atoms with Crippen molar-refractivity contribution in [1.82, 2.24) is 4.98 Å². The lowest BCUT2D eigenvalue weighted by Crippen LogP contribution is -2.25. The molecule has 1 aromatic rings. The summed E-state index contributed by atoms with van der Waals surface area (Å²) >= 11 is 0.345. The van der Waals surface area contributed by atoms with Crippen molar-refractivity contribution in [1.29, 1.82) is 0 Å². The van der Waals surface area contributed by atoms with Crippen molar-refractivity contribution < 1.29 is 37.1 Å². The quantitative estimate of drug-likeness (QED) is 0.651. The number of carbonyl (C=O) groups is 2. The minimum Gasteiger partial charge on any atom is -0.462 e. The Morgan fingerprint density at radius 3 is 2.35 bits per heavy atom. The number of hydrogen-bond acceptors (Lipinski definition) is 8. The first-order chi connectivity index (χ1) is 10.4. The summed E-state index contributed by atoms with van der Waals surface area (Å²) in [6.45, 7) is 6.11. The Morgan fingerprint density at radius 1 is 1.26 bits per heavy atom. The van der Waals surface area contributed by atoms with Gasteiger partial charge in [-0.05, 0) is 27.7 Å². The molecule has 7 nitrogen and oxygen atoms in total. The Labute approximate surface area is 133 Å². The molecule has 0 unspecified atom stereocenters. The summed E-state index contributed by atoms with van der Waals surface area (Å²) in [5, 5.41) is -0.439. The number of aromatic nitrogens is 1. The van der Waals surface area contributed by atoms with Gasteiger partial charge in [-0.1, -0.05) is 11.3 Å². The maximum atomic E-state index is 12.9. The number of thiazole rings is 1. The first-order valence-corrected chi connectivity index (χ1v) is 7.16. The van der Waals surface area contributed by atoms with E-state index < -0.39 is 39.6 Å². The highest BCUT2D eigenvalue weighted by atomic mass is 32.1. The van der Waals surface area contributed by atoms with Gasteiger partial charge in [-0.25, -0.2) is 14.6 Å². The van der Waals surface area contributed by atoms with Crippen LogP contribution in [-0.4, -0.2) is 29.3 Å². The number of ether oxygens (including phenoxy) is 2. The van der Waals surface area contributed by atoms with Crippen LogP contribution in [-0.2, 0) is 20.5 Å². The van der Waals surface area contributed by atoms with Crippen LogP contribution in [0.5, 0.6) is 0 Å². The number of nitrogens with one attached hydrogen (secondary N) is 1. The molecule has 0 aliphatic heterocycles. The van der Waals surface area contributed by atoms with Crippen molar-refractivity contribution in [3.05, 3.63) is 10.6 Å². The van der Waals surface area contributed by atoms with E-state index in [1.54, 1.807) is 20.8 Å². The maximum absolute atomic E-state index is 12.9. The predicted octanol–water partition coefficient (Wildman–Crippen LogP) is 3.62. The van der Waals surface area contributed by atoms with E-state index in [2.05, 4.69) is 14.6 Å². The van der Waals surface area contributed by atoms with E-state index in [4.69, 9.17) is 4.74 Å². The van der Waals surface area contributed by atoms with E-state index in [0.29, 0.717) is 11.3 Å². The fraction of sp³-hybridized carbons (Fsp3) is 0.583. The smallest absolute Gasteiger partial charge is 0.462 e. The zero-order valence-corrected chi connectivity index (χ0v) is 13.6. The summed E-state index contributed by atoms with van der Waals surface area (Å²) in [7, 11) is 0. The molecule has 1 rings (SSSR count). The molecule has 0 spiro atoms. The third-order valence-corrected chi connectivity index (χ3v) is 2.90. The molecule has 0 aromatic carbocycles. The summed E-state index contributed by atoms with van der Waals surface area (Å²) in [6, 6.07) is 0. The van der Waals surface area contributed by atoms with Crippen LogP contribution in [0.2, 0.25) is 0 Å². The monoisotopic (exact) mass is 356 g/mol. The van der Waals surface area contributed by atoms with Gasteiger partial charge in [-0.3, -0.25) is 0 Å². The Bertz CT molecular complexity index is 580. The van der Waals surface area contributed by atoms with Crippen molar-refractivity contribution >= 4 is 28.6 Å². The fourth-order valence-corrected chi connectivity index (χ4v) is 2.06. The van der Waals surface area contributed by atoms with Crippen LogP contribution in [0.15, 0.2) is 0 Å². The zero-order valence-electron chi connectivity index (χ0n) is 12.7. The summed E-state index contributed by atoms with van der Waals surface area (Å²) in [6.07, 6.45) is -6.01. The summed E-state index contributed by atoms with van der Waals surface area (Å²) < 4.78 is 47.9. The number of carbonyl (C=O) groups excluding carboxylic acids is 2. The predicted molar refractivity (Wildman–Crippen MR) is 74.0 cm³/mol. The van der Waals surface area contributed by atoms with Gasteiger partial charge in [0.15, 0.2) is 5.69 Å². The highest BCUT2D eigenvalue weighted by Gasteiger charge is 2.40. The van der Waals surface area contributed by atoms with E-state index in [-0.39, 0.29) is 6.61 Å². The van der Waals surface area contributed by atoms with Crippen molar-refractivity contribution in [3.8, 4) is 0 Å². The van der Waals surface area contributed by atoms with Gasteiger partial charge in [0.1, 0.15) is 10.5 Å². The minimum absolute atomic E-state index is 0.0921. The maximum Gasteiger partial charge on any atom is 0.533 e. The molecule has 0 saturated carbocycles. The Hall–Kier alpha value is -2.04. The molecule has 0 radical (unpaired) electrons. The molecule has 0 bridgehead atoms. The van der Waals surface area contributed by atoms with E-state index in [0.717, 1.165) is 0 Å². The second-order valence-electron chi connectivity index (χ2n) is 5.08. The van der Waals surface area contributed by atoms with Crippen LogP contribution < -0.4 is 5.48 Å². The molecule has 0 aliphatic rings. The van der Waals surface area contributed by atoms with Crippen LogP contribution in [0.1, 0.15) is 43.1 Å². The van der Waals surface area contributed by atoms with Crippen molar-refractivity contribution in [2.45, 2.75) is 39.5 Å². The molecule has 11 heteroatoms. The van der Waals surface area contributed by atoms with Gasteiger partial charge in [0, 0.05) is 0 Å². The number of halogens is 3. The van der Waals surface area contributed by atoms with E-state index in [1.165, 1.54) is 6.92 Å². The van der Waals surface area contributed by atoms with Gasteiger partial charge in [0.05, 0.1) is 6.61 Å². The van der Waals surface area contributed by atoms with E-state index in [9.17, 15) is 22.8 Å². The molecule has 1 heterocycles. The van der Waals surface area contributed by atoms with Crippen LogP contribution in [0.3, 0.4) is 0 Å². The highest BCUT2D eigenvalue weighted by molar-refractivity contribution is 7.17. The Balaban J connectivity index is 2.89. The summed E-state index contributed by atoms with van der Waals surface area (Å²) in [5.74, 6) is -1.16. The van der Waals surface area contributed by atoms with Crippen LogP contribution in [0.4, 0.5) is 23.1 Å². The van der Waals surface area contributed by atoms with Gasteiger partial charge in [0.25, 0.3) is 0 Å². The molecule has 0 fully saturated rings. The van der Waals surface area contributed by atoms with Crippen LogP contribution >= 0.6 is 11.3 Å². The highest BCUT2D eigenvalue weighted by Crippen LogP contribution is 2.36. The molecule has 0 saturated heterocycles. The van der Waals surface area contributed by atoms with Crippen molar-refractivity contribution in [2.75, 3.05) is 12.1 Å². The lowest BCUT2D eigenvalue weighted by molar-refractivity contribution is -0.141. The lowest BCUT2D eigenvalue weighted by Gasteiger charge is -2.18. The molecular weight excluding hydrogens is 341 g/mol. The van der Waals surface area contributed by atoms with Gasteiger partial charge in [0.2, 0.25) is 5.13 Å². The topological polar surface area (TPSA) is 86.8 Å². The molecule has 23 heavy (non-hydrogen) atoms. The zero-order chi connectivity index (χ0) is 17.8. The molecule has 130 valence electrons. The standard InChI is InChI=1S/C12H15F3N2O5S/c1-5-20-8(18)6-7(12(13,14)15)16-9(23-6)17-22-10(19)21-11(2,3)4/h5H2,1-4H3,(H,16,17). The number of rotatable bonds is 4. The van der Waals surface area contributed by atoms with E-state index >= 15 is 0 Å². The number of nitrogens with zero attached hydrogens (tertiary/aromatic N) is 1. The largest absolute Gasteiger partial charge is 0.533 e. The van der Waals surface area contributed by atoms with E-state index in [1.807, 2.05) is 5.48 Å². The third kappa shape index (κ3) is 5.93. The Kier molecular flexibility index (Phi) is 5.81. The van der Waals surface area contributed by atoms with Gasteiger partial charge in [-0.2, -0.15) is 18.7 Å². The third-order valence-electron chi connectivity index (χ3n) is 1.97. The number of anilines is 1. The molecule has 1 aromatic heterocycles. The second-order valence-corrected chi connectivity index (χ2v) is 6.08. The molecule has 0 aliphatic carbocycles. The van der Waals surface area contributed by atoms with Gasteiger partial charge >= 0.3 is 18.3 Å². The average molecular weight is 356 g/mol. The first-order valence-electron chi connectivity index (χ1n) is 6.35.